The van der Waals surface area contributed by atoms with Crippen LogP contribution in [0.5, 0.6) is 0 Å². The van der Waals surface area contributed by atoms with Crippen molar-refractivity contribution in [3.8, 4) is 0 Å². The number of rotatable bonds is 1. The fourth-order valence-corrected chi connectivity index (χ4v) is 2.28. The Morgan fingerprint density at radius 3 is 2.56 bits per heavy atom. The Labute approximate surface area is 107 Å². The van der Waals surface area contributed by atoms with Crippen LogP contribution in [0, 0.1) is 0 Å². The molecule has 18 heavy (non-hydrogen) atoms. The van der Waals surface area contributed by atoms with Gasteiger partial charge in [0.2, 0.25) is 0 Å². The second kappa shape index (κ2) is 4.28. The second-order valence-corrected chi connectivity index (χ2v) is 5.53. The van der Waals surface area contributed by atoms with E-state index in [1.807, 2.05) is 4.90 Å². The van der Waals surface area contributed by atoms with Crippen molar-refractivity contribution >= 4 is 11.6 Å². The Balaban J connectivity index is 2.21. The van der Waals surface area contributed by atoms with E-state index in [1.54, 1.807) is 11.7 Å². The average Bonchev–Trinajstić information content (AvgIpc) is 2.61. The number of nitrogens with zero attached hydrogens (tertiary/aromatic N) is 4. The second-order valence-electron chi connectivity index (χ2n) is 5.53. The Morgan fingerprint density at radius 2 is 2.06 bits per heavy atom. The van der Waals surface area contributed by atoms with E-state index < -0.39 is 0 Å². The van der Waals surface area contributed by atoms with E-state index in [1.165, 1.54) is 6.20 Å². The smallest absolute Gasteiger partial charge is 0.274 e. The Morgan fingerprint density at radius 1 is 1.39 bits per heavy atom. The van der Waals surface area contributed by atoms with Crippen molar-refractivity contribution in [1.29, 1.82) is 0 Å². The normalized spacial score (nSPS) is 20.1. The molecule has 1 amide bonds. The summed E-state index contributed by atoms with van der Waals surface area (Å²) in [5.74, 6) is -0.0336. The third-order valence-corrected chi connectivity index (χ3v) is 3.77. The van der Waals surface area contributed by atoms with Crippen LogP contribution >= 0.6 is 0 Å². The quantitative estimate of drug-likeness (QED) is 0.772. The Bertz CT molecular complexity index is 446. The molecule has 1 aliphatic rings. The number of likely N-dealkylation sites (N-methyl/N-ethyl adjacent to an activating group) is 1. The van der Waals surface area contributed by atoms with Gasteiger partial charge in [-0.2, -0.15) is 5.10 Å². The minimum absolute atomic E-state index is 0.0126. The van der Waals surface area contributed by atoms with Crippen LogP contribution in [0.25, 0.3) is 0 Å². The van der Waals surface area contributed by atoms with E-state index in [2.05, 4.69) is 30.9 Å². The fraction of sp³-hybridized carbons (Fsp3) is 0.667. The number of hydrogen-bond donors (Lipinski definition) is 1. The highest BCUT2D eigenvalue weighted by Crippen LogP contribution is 2.21. The molecule has 1 aromatic rings. The first-order valence-electron chi connectivity index (χ1n) is 6.11. The summed E-state index contributed by atoms with van der Waals surface area (Å²) in [6.45, 7) is 6.57. The number of aromatic nitrogens is 2. The van der Waals surface area contributed by atoms with Gasteiger partial charge in [-0.3, -0.25) is 14.4 Å². The van der Waals surface area contributed by atoms with E-state index >= 15 is 0 Å². The number of nitrogen functional groups attached to an aromatic ring is 1. The van der Waals surface area contributed by atoms with Crippen molar-refractivity contribution in [2.75, 3.05) is 32.4 Å². The van der Waals surface area contributed by atoms with Crippen LogP contribution in [-0.4, -0.2) is 57.7 Å². The Kier molecular flexibility index (Phi) is 3.06. The van der Waals surface area contributed by atoms with Crippen molar-refractivity contribution in [2.24, 2.45) is 7.05 Å². The predicted octanol–water partition coefficient (Wildman–Crippen LogP) is 0.169. The van der Waals surface area contributed by atoms with Gasteiger partial charge in [0.25, 0.3) is 5.91 Å². The number of amides is 1. The summed E-state index contributed by atoms with van der Waals surface area (Å²) in [5, 5.41) is 4.02. The highest BCUT2D eigenvalue weighted by atomic mass is 16.2. The summed E-state index contributed by atoms with van der Waals surface area (Å²) < 4.78 is 1.54. The zero-order chi connectivity index (χ0) is 13.5. The van der Waals surface area contributed by atoms with Gasteiger partial charge >= 0.3 is 0 Å². The SMILES string of the molecule is CN1CCN(C(=O)c2c(N)cnn2C)CC1(C)C. The van der Waals surface area contributed by atoms with Crippen LogP contribution in [0.1, 0.15) is 24.3 Å². The van der Waals surface area contributed by atoms with Crippen LogP contribution in [0.15, 0.2) is 6.20 Å². The van der Waals surface area contributed by atoms with Crippen LogP contribution < -0.4 is 5.73 Å². The first-order valence-corrected chi connectivity index (χ1v) is 6.11. The largest absolute Gasteiger partial charge is 0.396 e. The molecule has 0 saturated carbocycles. The van der Waals surface area contributed by atoms with E-state index in [9.17, 15) is 4.79 Å². The average molecular weight is 251 g/mol. The number of carbonyl (C=O) groups is 1. The first-order chi connectivity index (χ1) is 8.33. The molecule has 0 radical (unpaired) electrons. The zero-order valence-electron chi connectivity index (χ0n) is 11.5. The maximum Gasteiger partial charge on any atom is 0.274 e. The number of carbonyl (C=O) groups excluding carboxylic acids is 1. The van der Waals surface area contributed by atoms with Gasteiger partial charge in [-0.05, 0) is 20.9 Å². The molecule has 2 N–H and O–H groups in total. The molecule has 1 aliphatic heterocycles. The highest BCUT2D eigenvalue weighted by Gasteiger charge is 2.34. The fourth-order valence-electron chi connectivity index (χ4n) is 2.28. The molecule has 0 spiro atoms. The summed E-state index contributed by atoms with van der Waals surface area (Å²) >= 11 is 0. The summed E-state index contributed by atoms with van der Waals surface area (Å²) in [6, 6.07) is 0. The van der Waals surface area contributed by atoms with Gasteiger partial charge in [-0.1, -0.05) is 0 Å². The van der Waals surface area contributed by atoms with Gasteiger partial charge in [0.1, 0.15) is 5.69 Å². The molecule has 0 atom stereocenters. The first kappa shape index (κ1) is 12.9. The molecule has 0 unspecified atom stereocenters. The molecule has 0 aromatic carbocycles. The van der Waals surface area contributed by atoms with Crippen LogP contribution in [0.3, 0.4) is 0 Å². The van der Waals surface area contributed by atoms with Crippen LogP contribution in [-0.2, 0) is 7.05 Å². The molecule has 2 heterocycles. The molecule has 1 fully saturated rings. The van der Waals surface area contributed by atoms with Crippen LogP contribution in [0.4, 0.5) is 5.69 Å². The Hall–Kier alpha value is -1.56. The van der Waals surface area contributed by atoms with E-state index in [-0.39, 0.29) is 11.4 Å². The third-order valence-electron chi connectivity index (χ3n) is 3.77. The van der Waals surface area contributed by atoms with Gasteiger partial charge in [-0.25, -0.2) is 0 Å². The van der Waals surface area contributed by atoms with E-state index in [0.717, 1.165) is 13.1 Å². The lowest BCUT2D eigenvalue weighted by molar-refractivity contribution is 0.0304. The predicted molar refractivity (Wildman–Crippen MR) is 70.2 cm³/mol. The van der Waals surface area contributed by atoms with Crippen molar-refractivity contribution in [3.63, 3.8) is 0 Å². The molecule has 1 saturated heterocycles. The van der Waals surface area contributed by atoms with Crippen molar-refractivity contribution < 1.29 is 4.79 Å². The lowest BCUT2D eigenvalue weighted by Gasteiger charge is -2.45. The molecule has 0 aliphatic carbocycles. The van der Waals surface area contributed by atoms with Gasteiger partial charge in [0, 0.05) is 32.2 Å². The topological polar surface area (TPSA) is 67.4 Å². The summed E-state index contributed by atoms with van der Waals surface area (Å²) in [5.41, 5.74) is 6.72. The zero-order valence-corrected chi connectivity index (χ0v) is 11.5. The molecule has 6 nitrogen and oxygen atoms in total. The molecule has 2 rings (SSSR count). The number of anilines is 1. The maximum atomic E-state index is 12.5. The molecule has 100 valence electrons. The van der Waals surface area contributed by atoms with E-state index in [0.29, 0.717) is 17.9 Å². The van der Waals surface area contributed by atoms with Crippen LogP contribution in [0.2, 0.25) is 0 Å². The minimum Gasteiger partial charge on any atom is -0.396 e. The van der Waals surface area contributed by atoms with Gasteiger partial charge in [0.05, 0.1) is 11.9 Å². The minimum atomic E-state index is -0.0336. The molecule has 0 bridgehead atoms. The summed E-state index contributed by atoms with van der Waals surface area (Å²) in [4.78, 5) is 16.6. The maximum absolute atomic E-state index is 12.5. The van der Waals surface area contributed by atoms with Gasteiger partial charge < -0.3 is 10.6 Å². The number of piperazine rings is 1. The number of aryl methyl sites for hydroxylation is 1. The van der Waals surface area contributed by atoms with E-state index in [4.69, 9.17) is 5.73 Å². The number of hydrogen-bond acceptors (Lipinski definition) is 4. The summed E-state index contributed by atoms with van der Waals surface area (Å²) in [6.07, 6.45) is 1.52. The van der Waals surface area contributed by atoms with Crippen molar-refractivity contribution in [3.05, 3.63) is 11.9 Å². The lowest BCUT2D eigenvalue weighted by Crippen LogP contribution is -2.59. The lowest BCUT2D eigenvalue weighted by atomic mass is 9.99. The molecular formula is C12H21N5O. The van der Waals surface area contributed by atoms with Gasteiger partial charge in [0.15, 0.2) is 0 Å². The van der Waals surface area contributed by atoms with Crippen molar-refractivity contribution in [1.82, 2.24) is 19.6 Å². The van der Waals surface area contributed by atoms with Crippen molar-refractivity contribution in [2.45, 2.75) is 19.4 Å². The standard InChI is InChI=1S/C12H21N5O/c1-12(2)8-17(6-5-15(12)3)11(18)10-9(13)7-14-16(10)4/h7H,5-6,8,13H2,1-4H3. The monoisotopic (exact) mass is 251 g/mol. The summed E-state index contributed by atoms with van der Waals surface area (Å²) in [7, 11) is 3.82. The molecular weight excluding hydrogens is 230 g/mol. The highest BCUT2D eigenvalue weighted by molar-refractivity contribution is 5.97. The third kappa shape index (κ3) is 2.08. The molecule has 6 heteroatoms. The van der Waals surface area contributed by atoms with Gasteiger partial charge in [-0.15, -0.1) is 0 Å². The number of nitrogens with two attached hydrogens (primary N) is 1. The molecule has 1 aromatic heterocycles.